The van der Waals surface area contributed by atoms with Crippen LogP contribution in [0.15, 0.2) is 11.8 Å². The Balaban J connectivity index is 1.97. The predicted molar refractivity (Wildman–Crippen MR) is 35.0 cm³/mol. The van der Waals surface area contributed by atoms with Crippen LogP contribution in [0.2, 0.25) is 0 Å². The van der Waals surface area contributed by atoms with Crippen LogP contribution >= 0.6 is 0 Å². The lowest BCUT2D eigenvalue weighted by Gasteiger charge is -2.05. The maximum Gasteiger partial charge on any atom is 0.0997 e. The van der Waals surface area contributed by atoms with E-state index in [9.17, 15) is 0 Å². The minimum Gasteiger partial charge on any atom is -0.500 e. The average Bonchev–Trinajstić information content (AvgIpc) is 2.46. The van der Waals surface area contributed by atoms with E-state index in [1.807, 2.05) is 6.26 Å². The fraction of sp³-hybridized carbons (Fsp3) is 0.714. The molecular weight excluding hydrogens is 114 g/mol. The molecule has 0 saturated heterocycles. The van der Waals surface area contributed by atoms with E-state index in [0.29, 0.717) is 0 Å². The normalized spacial score (nSPS) is 32.9. The summed E-state index contributed by atoms with van der Waals surface area (Å²) < 4.78 is 5.20. The zero-order chi connectivity index (χ0) is 6.10. The fourth-order valence-electron chi connectivity index (χ4n) is 1.15. The molecule has 1 fully saturated rings. The Hall–Kier alpha value is -0.500. The van der Waals surface area contributed by atoms with Gasteiger partial charge >= 0.3 is 0 Å². The first kappa shape index (κ1) is 5.30. The molecule has 2 heteroatoms. The molecule has 50 valence electrons. The SMILES string of the molecule is C1=C2CC2CNCCO1. The Labute approximate surface area is 54.9 Å². The highest BCUT2D eigenvalue weighted by Gasteiger charge is 2.30. The lowest BCUT2D eigenvalue weighted by Crippen LogP contribution is -2.22. The summed E-state index contributed by atoms with van der Waals surface area (Å²) in [5.74, 6) is 0.810. The zero-order valence-electron chi connectivity index (χ0n) is 5.39. The maximum absolute atomic E-state index is 5.20. The van der Waals surface area contributed by atoms with E-state index in [4.69, 9.17) is 4.74 Å². The van der Waals surface area contributed by atoms with Gasteiger partial charge in [-0.25, -0.2) is 0 Å². The van der Waals surface area contributed by atoms with Gasteiger partial charge in [0.05, 0.1) is 12.9 Å². The molecule has 2 aliphatic rings. The predicted octanol–water partition coefficient (Wildman–Crippen LogP) is 0.510. The molecule has 1 saturated carbocycles. The van der Waals surface area contributed by atoms with Gasteiger partial charge in [-0.3, -0.25) is 0 Å². The van der Waals surface area contributed by atoms with Crippen LogP contribution in [0.4, 0.5) is 0 Å². The molecule has 9 heavy (non-hydrogen) atoms. The van der Waals surface area contributed by atoms with Crippen molar-refractivity contribution in [1.29, 1.82) is 0 Å². The fourth-order valence-corrected chi connectivity index (χ4v) is 1.15. The molecule has 2 nitrogen and oxygen atoms in total. The first-order chi connectivity index (χ1) is 4.47. The quantitative estimate of drug-likeness (QED) is 0.509. The second kappa shape index (κ2) is 2.03. The molecule has 1 unspecified atom stereocenters. The molecule has 1 N–H and O–H groups in total. The highest BCUT2D eigenvalue weighted by molar-refractivity contribution is 5.22. The Morgan fingerprint density at radius 3 is 3.67 bits per heavy atom. The third-order valence-electron chi connectivity index (χ3n) is 1.87. The summed E-state index contributed by atoms with van der Waals surface area (Å²) in [6, 6.07) is 0. The van der Waals surface area contributed by atoms with E-state index in [2.05, 4.69) is 5.32 Å². The van der Waals surface area contributed by atoms with Crippen LogP contribution < -0.4 is 5.32 Å². The van der Waals surface area contributed by atoms with Crippen molar-refractivity contribution in [2.24, 2.45) is 5.92 Å². The third kappa shape index (κ3) is 1.08. The van der Waals surface area contributed by atoms with Crippen LogP contribution in [0.1, 0.15) is 6.42 Å². The molecule has 0 aromatic heterocycles. The summed E-state index contributed by atoms with van der Waals surface area (Å²) in [5.41, 5.74) is 1.49. The molecule has 0 spiro atoms. The molecule has 0 aromatic rings. The molecule has 0 aromatic carbocycles. The molecule has 0 bridgehead atoms. The van der Waals surface area contributed by atoms with Crippen molar-refractivity contribution in [2.45, 2.75) is 6.42 Å². The Morgan fingerprint density at radius 2 is 2.67 bits per heavy atom. The average molecular weight is 125 g/mol. The van der Waals surface area contributed by atoms with Gasteiger partial charge in [0.15, 0.2) is 0 Å². The topological polar surface area (TPSA) is 21.3 Å². The van der Waals surface area contributed by atoms with E-state index in [1.165, 1.54) is 12.0 Å². The van der Waals surface area contributed by atoms with Crippen LogP contribution in [0.3, 0.4) is 0 Å². The Morgan fingerprint density at radius 1 is 1.67 bits per heavy atom. The zero-order valence-corrected chi connectivity index (χ0v) is 5.39. The summed E-state index contributed by atoms with van der Waals surface area (Å²) in [7, 11) is 0. The van der Waals surface area contributed by atoms with Crippen molar-refractivity contribution >= 4 is 0 Å². The van der Waals surface area contributed by atoms with E-state index in [-0.39, 0.29) is 0 Å². The molecule has 1 aliphatic carbocycles. The number of hydrogen-bond acceptors (Lipinski definition) is 2. The summed E-state index contributed by atoms with van der Waals surface area (Å²) >= 11 is 0. The van der Waals surface area contributed by atoms with Crippen molar-refractivity contribution in [1.82, 2.24) is 5.32 Å². The standard InChI is InChI=1S/C7H11NO/c1-2-9-5-7-3-6(7)4-8-1/h5-6,8H,1-4H2. The van der Waals surface area contributed by atoms with Gasteiger partial charge in [0, 0.05) is 13.1 Å². The van der Waals surface area contributed by atoms with E-state index >= 15 is 0 Å². The highest BCUT2D eigenvalue weighted by Crippen LogP contribution is 2.37. The second-order valence-corrected chi connectivity index (χ2v) is 2.67. The Bertz CT molecular complexity index is 142. The van der Waals surface area contributed by atoms with Gasteiger partial charge in [-0.05, 0) is 17.9 Å². The number of rotatable bonds is 0. The second-order valence-electron chi connectivity index (χ2n) is 2.67. The summed E-state index contributed by atoms with van der Waals surface area (Å²) in [4.78, 5) is 0. The molecule has 0 amide bonds. The molecule has 1 aliphatic heterocycles. The summed E-state index contributed by atoms with van der Waals surface area (Å²) in [5, 5.41) is 3.31. The smallest absolute Gasteiger partial charge is 0.0997 e. The van der Waals surface area contributed by atoms with Gasteiger partial charge in [-0.1, -0.05) is 0 Å². The lowest BCUT2D eigenvalue weighted by atomic mass is 10.4. The monoisotopic (exact) mass is 125 g/mol. The van der Waals surface area contributed by atoms with Gasteiger partial charge in [-0.2, -0.15) is 0 Å². The minimum absolute atomic E-state index is 0.810. The summed E-state index contributed by atoms with van der Waals surface area (Å²) in [6.07, 6.45) is 3.19. The van der Waals surface area contributed by atoms with E-state index in [1.54, 1.807) is 0 Å². The summed E-state index contributed by atoms with van der Waals surface area (Å²) in [6.45, 7) is 2.99. The van der Waals surface area contributed by atoms with Crippen LogP contribution in [0.25, 0.3) is 0 Å². The first-order valence-corrected chi connectivity index (χ1v) is 3.48. The minimum atomic E-state index is 0.810. The lowest BCUT2D eigenvalue weighted by molar-refractivity contribution is 0.243. The molecular formula is C7H11NO. The largest absolute Gasteiger partial charge is 0.500 e. The van der Waals surface area contributed by atoms with Gasteiger partial charge in [0.25, 0.3) is 0 Å². The van der Waals surface area contributed by atoms with E-state index < -0.39 is 0 Å². The van der Waals surface area contributed by atoms with Gasteiger partial charge in [0.2, 0.25) is 0 Å². The number of hydrogen-bond donors (Lipinski definition) is 1. The number of nitrogens with one attached hydrogen (secondary N) is 1. The van der Waals surface area contributed by atoms with Crippen molar-refractivity contribution in [3.8, 4) is 0 Å². The van der Waals surface area contributed by atoms with Crippen molar-refractivity contribution in [3.63, 3.8) is 0 Å². The molecule has 1 atom stereocenters. The first-order valence-electron chi connectivity index (χ1n) is 3.48. The molecule has 0 radical (unpaired) electrons. The Kier molecular flexibility index (Phi) is 1.19. The van der Waals surface area contributed by atoms with Crippen LogP contribution in [-0.2, 0) is 4.74 Å². The van der Waals surface area contributed by atoms with Crippen molar-refractivity contribution in [3.05, 3.63) is 11.8 Å². The maximum atomic E-state index is 5.20. The third-order valence-corrected chi connectivity index (χ3v) is 1.87. The van der Waals surface area contributed by atoms with Gasteiger partial charge in [-0.15, -0.1) is 0 Å². The van der Waals surface area contributed by atoms with Crippen LogP contribution in [0.5, 0.6) is 0 Å². The number of fused-ring (bicyclic) bond motifs is 1. The van der Waals surface area contributed by atoms with Crippen LogP contribution in [-0.4, -0.2) is 19.7 Å². The van der Waals surface area contributed by atoms with Gasteiger partial charge in [0.1, 0.15) is 0 Å². The molecule has 1 heterocycles. The van der Waals surface area contributed by atoms with Crippen molar-refractivity contribution in [2.75, 3.05) is 19.7 Å². The van der Waals surface area contributed by atoms with E-state index in [0.717, 1.165) is 25.6 Å². The van der Waals surface area contributed by atoms with Gasteiger partial charge < -0.3 is 10.1 Å². The molecule has 2 rings (SSSR count). The number of ether oxygens (including phenoxy) is 1. The van der Waals surface area contributed by atoms with Crippen molar-refractivity contribution < 1.29 is 4.74 Å². The van der Waals surface area contributed by atoms with Crippen LogP contribution in [0, 0.1) is 5.92 Å². The highest BCUT2D eigenvalue weighted by atomic mass is 16.5.